The summed E-state index contributed by atoms with van der Waals surface area (Å²) in [6, 6.07) is 15.3. The molecule has 0 spiro atoms. The summed E-state index contributed by atoms with van der Waals surface area (Å²) < 4.78 is 0.960. The molecular formula is C17H17BrN2O. The van der Waals surface area contributed by atoms with E-state index in [9.17, 15) is 4.79 Å². The summed E-state index contributed by atoms with van der Waals surface area (Å²) in [5.74, 6) is -0.0279. The monoisotopic (exact) mass is 344 g/mol. The van der Waals surface area contributed by atoms with E-state index in [0.717, 1.165) is 15.8 Å². The van der Waals surface area contributed by atoms with Crippen molar-refractivity contribution in [1.82, 2.24) is 0 Å². The van der Waals surface area contributed by atoms with Crippen LogP contribution in [0.25, 0.3) is 0 Å². The zero-order valence-corrected chi connectivity index (χ0v) is 13.6. The second-order valence-electron chi connectivity index (χ2n) is 4.79. The van der Waals surface area contributed by atoms with E-state index < -0.39 is 0 Å². The van der Waals surface area contributed by atoms with Crippen LogP contribution in [0.15, 0.2) is 65.3 Å². The highest BCUT2D eigenvalue weighted by Gasteiger charge is 2.00. The lowest BCUT2D eigenvalue weighted by Gasteiger charge is -2.12. The topological polar surface area (TPSA) is 32.3 Å². The van der Waals surface area contributed by atoms with Crippen LogP contribution in [0.1, 0.15) is 10.4 Å². The quantitative estimate of drug-likeness (QED) is 0.647. The van der Waals surface area contributed by atoms with Crippen LogP contribution in [0.5, 0.6) is 0 Å². The molecule has 3 nitrogen and oxygen atoms in total. The van der Waals surface area contributed by atoms with E-state index in [1.807, 2.05) is 55.4 Å². The Balaban J connectivity index is 1.95. The average Bonchev–Trinajstić information content (AvgIpc) is 2.48. The van der Waals surface area contributed by atoms with Crippen molar-refractivity contribution in [1.29, 1.82) is 0 Å². The molecule has 0 amide bonds. The van der Waals surface area contributed by atoms with Gasteiger partial charge in [0.15, 0.2) is 5.78 Å². The SMILES string of the molecule is CN(C)c1ccc(N/C=C/C(=O)c2ccc(Br)cc2)cc1. The van der Waals surface area contributed by atoms with Crippen molar-refractivity contribution in [2.75, 3.05) is 24.3 Å². The molecule has 1 N–H and O–H groups in total. The Morgan fingerprint density at radius 3 is 2.24 bits per heavy atom. The maximum atomic E-state index is 11.9. The number of hydrogen-bond acceptors (Lipinski definition) is 3. The number of carbonyl (C=O) groups is 1. The Labute approximate surface area is 133 Å². The molecule has 0 unspecified atom stereocenters. The van der Waals surface area contributed by atoms with Gasteiger partial charge in [-0.1, -0.05) is 15.9 Å². The minimum atomic E-state index is -0.0279. The summed E-state index contributed by atoms with van der Waals surface area (Å²) in [4.78, 5) is 14.0. The first kappa shape index (κ1) is 15.3. The van der Waals surface area contributed by atoms with Gasteiger partial charge in [0.1, 0.15) is 0 Å². The second kappa shape index (κ2) is 7.09. The fraction of sp³-hybridized carbons (Fsp3) is 0.118. The standard InChI is InChI=1S/C17H17BrN2O/c1-20(2)16-9-7-15(8-10-16)19-12-11-17(21)13-3-5-14(18)6-4-13/h3-12,19H,1-2H3/b12-11+. The number of nitrogens with one attached hydrogen (secondary N) is 1. The fourth-order valence-corrected chi connectivity index (χ4v) is 2.04. The van der Waals surface area contributed by atoms with E-state index in [2.05, 4.69) is 21.2 Å². The predicted octanol–water partition coefficient (Wildman–Crippen LogP) is 4.32. The first-order chi connectivity index (χ1) is 10.1. The number of carbonyl (C=O) groups excluding carboxylic acids is 1. The minimum absolute atomic E-state index is 0.0279. The first-order valence-electron chi connectivity index (χ1n) is 6.56. The smallest absolute Gasteiger partial charge is 0.187 e. The molecule has 2 aromatic carbocycles. The molecule has 0 saturated heterocycles. The van der Waals surface area contributed by atoms with E-state index in [1.54, 1.807) is 18.3 Å². The van der Waals surface area contributed by atoms with Crippen LogP contribution >= 0.6 is 15.9 Å². The van der Waals surface area contributed by atoms with Gasteiger partial charge in [-0.3, -0.25) is 4.79 Å². The Morgan fingerprint density at radius 1 is 1.05 bits per heavy atom. The van der Waals surface area contributed by atoms with Crippen molar-refractivity contribution in [3.05, 3.63) is 70.8 Å². The summed E-state index contributed by atoms with van der Waals surface area (Å²) >= 11 is 3.35. The molecule has 2 aromatic rings. The Hall–Kier alpha value is -2.07. The molecule has 0 aliphatic carbocycles. The number of allylic oxidation sites excluding steroid dienone is 1. The van der Waals surface area contributed by atoms with Gasteiger partial charge in [0.2, 0.25) is 0 Å². The molecule has 0 aliphatic rings. The van der Waals surface area contributed by atoms with Gasteiger partial charge in [0, 0.05) is 47.8 Å². The Kier molecular flexibility index (Phi) is 5.17. The van der Waals surface area contributed by atoms with Crippen LogP contribution in [0.3, 0.4) is 0 Å². The molecule has 0 atom stereocenters. The first-order valence-corrected chi connectivity index (χ1v) is 7.36. The van der Waals surface area contributed by atoms with Crippen molar-refractivity contribution < 1.29 is 4.79 Å². The number of benzene rings is 2. The lowest BCUT2D eigenvalue weighted by molar-refractivity contribution is 0.104. The molecule has 0 saturated carbocycles. The minimum Gasteiger partial charge on any atom is -0.378 e. The van der Waals surface area contributed by atoms with E-state index in [0.29, 0.717) is 5.56 Å². The maximum absolute atomic E-state index is 11.9. The lowest BCUT2D eigenvalue weighted by Crippen LogP contribution is -2.08. The molecule has 4 heteroatoms. The molecule has 21 heavy (non-hydrogen) atoms. The number of nitrogens with zero attached hydrogens (tertiary/aromatic N) is 1. The Morgan fingerprint density at radius 2 is 1.67 bits per heavy atom. The van der Waals surface area contributed by atoms with Crippen molar-refractivity contribution in [3.63, 3.8) is 0 Å². The number of rotatable bonds is 5. The summed E-state index contributed by atoms with van der Waals surface area (Å²) in [6.07, 6.45) is 3.19. The number of anilines is 2. The molecule has 0 aromatic heterocycles. The highest BCUT2D eigenvalue weighted by molar-refractivity contribution is 9.10. The predicted molar refractivity (Wildman–Crippen MR) is 92.0 cm³/mol. The van der Waals surface area contributed by atoms with Crippen molar-refractivity contribution >= 4 is 33.1 Å². The largest absolute Gasteiger partial charge is 0.378 e. The van der Waals surface area contributed by atoms with Gasteiger partial charge in [0.05, 0.1) is 0 Å². The molecule has 108 valence electrons. The fourth-order valence-electron chi connectivity index (χ4n) is 1.78. The lowest BCUT2D eigenvalue weighted by atomic mass is 10.1. The van der Waals surface area contributed by atoms with Crippen LogP contribution in [-0.4, -0.2) is 19.9 Å². The third-order valence-corrected chi connectivity index (χ3v) is 3.53. The van der Waals surface area contributed by atoms with Gasteiger partial charge < -0.3 is 10.2 Å². The van der Waals surface area contributed by atoms with Gasteiger partial charge in [-0.15, -0.1) is 0 Å². The van der Waals surface area contributed by atoms with Crippen LogP contribution in [-0.2, 0) is 0 Å². The normalized spacial score (nSPS) is 10.6. The number of halogens is 1. The van der Waals surface area contributed by atoms with Crippen LogP contribution < -0.4 is 10.2 Å². The molecular weight excluding hydrogens is 328 g/mol. The van der Waals surface area contributed by atoms with Gasteiger partial charge in [-0.25, -0.2) is 0 Å². The molecule has 0 bridgehead atoms. The van der Waals surface area contributed by atoms with Crippen molar-refractivity contribution in [3.8, 4) is 0 Å². The second-order valence-corrected chi connectivity index (χ2v) is 5.71. The summed E-state index contributed by atoms with van der Waals surface area (Å²) in [5.41, 5.74) is 2.75. The average molecular weight is 345 g/mol. The van der Waals surface area contributed by atoms with Crippen molar-refractivity contribution in [2.24, 2.45) is 0 Å². The highest BCUT2D eigenvalue weighted by atomic mass is 79.9. The van der Waals surface area contributed by atoms with E-state index in [1.165, 1.54) is 6.08 Å². The van der Waals surface area contributed by atoms with E-state index in [4.69, 9.17) is 0 Å². The van der Waals surface area contributed by atoms with Crippen molar-refractivity contribution in [2.45, 2.75) is 0 Å². The molecule has 0 aliphatic heterocycles. The zero-order chi connectivity index (χ0) is 15.2. The summed E-state index contributed by atoms with van der Waals surface area (Å²) in [7, 11) is 4.00. The molecule has 0 fully saturated rings. The summed E-state index contributed by atoms with van der Waals surface area (Å²) in [6.45, 7) is 0. The van der Waals surface area contributed by atoms with Gasteiger partial charge in [-0.2, -0.15) is 0 Å². The third-order valence-electron chi connectivity index (χ3n) is 3.00. The zero-order valence-electron chi connectivity index (χ0n) is 12.0. The van der Waals surface area contributed by atoms with Gasteiger partial charge >= 0.3 is 0 Å². The maximum Gasteiger partial charge on any atom is 0.187 e. The van der Waals surface area contributed by atoms with E-state index in [-0.39, 0.29) is 5.78 Å². The van der Waals surface area contributed by atoms with Crippen LogP contribution in [0, 0.1) is 0 Å². The summed E-state index contributed by atoms with van der Waals surface area (Å²) in [5, 5.41) is 3.09. The third kappa shape index (κ3) is 4.46. The van der Waals surface area contributed by atoms with Gasteiger partial charge in [0.25, 0.3) is 0 Å². The van der Waals surface area contributed by atoms with Crippen LogP contribution in [0.4, 0.5) is 11.4 Å². The Bertz CT molecular complexity index is 631. The number of hydrogen-bond donors (Lipinski definition) is 1. The molecule has 0 radical (unpaired) electrons. The van der Waals surface area contributed by atoms with Gasteiger partial charge in [-0.05, 0) is 48.5 Å². The number of ketones is 1. The molecule has 0 heterocycles. The van der Waals surface area contributed by atoms with Crippen LogP contribution in [0.2, 0.25) is 0 Å². The molecule has 2 rings (SSSR count). The van der Waals surface area contributed by atoms with E-state index >= 15 is 0 Å². The highest BCUT2D eigenvalue weighted by Crippen LogP contribution is 2.15.